The number of nitrogens with one attached hydrogen (secondary N) is 1. The molecule has 1 N–H and O–H groups in total. The van der Waals surface area contributed by atoms with Crippen LogP contribution in [0.5, 0.6) is 0 Å². The summed E-state index contributed by atoms with van der Waals surface area (Å²) in [5.41, 5.74) is 1.31. The zero-order valence-corrected chi connectivity index (χ0v) is 7.98. The van der Waals surface area contributed by atoms with Crippen molar-refractivity contribution < 1.29 is 0 Å². The van der Waals surface area contributed by atoms with Crippen LogP contribution in [0.1, 0.15) is 12.8 Å². The molecule has 0 fully saturated rings. The number of aromatic nitrogens is 2. The lowest BCUT2D eigenvalue weighted by atomic mass is 10.1. The first-order chi connectivity index (χ1) is 6.95. The summed E-state index contributed by atoms with van der Waals surface area (Å²) in [6, 6.07) is 1.81. The van der Waals surface area contributed by atoms with E-state index in [4.69, 9.17) is 0 Å². The number of hydrogen-bond acceptors (Lipinski definition) is 3. The summed E-state index contributed by atoms with van der Waals surface area (Å²) in [5.74, 6) is 0.687. The number of allylic oxidation sites excluding steroid dienone is 2. The predicted molar refractivity (Wildman–Crippen MR) is 57.0 cm³/mol. The van der Waals surface area contributed by atoms with Gasteiger partial charge in [0.05, 0.1) is 0 Å². The van der Waals surface area contributed by atoms with E-state index in [0.717, 1.165) is 19.4 Å². The summed E-state index contributed by atoms with van der Waals surface area (Å²) in [5, 5.41) is 3.17. The third kappa shape index (κ3) is 2.42. The van der Waals surface area contributed by atoms with Crippen molar-refractivity contribution in [3.63, 3.8) is 0 Å². The molecule has 0 radical (unpaired) electrons. The highest BCUT2D eigenvalue weighted by Crippen LogP contribution is 2.09. The summed E-state index contributed by atoms with van der Waals surface area (Å²) in [6.45, 7) is 0.806. The van der Waals surface area contributed by atoms with Gasteiger partial charge in [-0.1, -0.05) is 18.2 Å². The smallest absolute Gasteiger partial charge is 0.222 e. The van der Waals surface area contributed by atoms with Gasteiger partial charge in [0.2, 0.25) is 5.95 Å². The molecule has 0 amide bonds. The van der Waals surface area contributed by atoms with Crippen LogP contribution in [0.2, 0.25) is 0 Å². The Kier molecular flexibility index (Phi) is 2.91. The molecule has 0 spiro atoms. The summed E-state index contributed by atoms with van der Waals surface area (Å²) in [7, 11) is 0. The molecule has 72 valence electrons. The van der Waals surface area contributed by atoms with Crippen molar-refractivity contribution >= 4 is 5.95 Å². The molecule has 1 heterocycles. The van der Waals surface area contributed by atoms with Crippen molar-refractivity contribution in [1.29, 1.82) is 0 Å². The molecular weight excluding hydrogens is 174 g/mol. The largest absolute Gasteiger partial charge is 0.350 e. The number of rotatable bonds is 3. The molecule has 14 heavy (non-hydrogen) atoms. The van der Waals surface area contributed by atoms with Gasteiger partial charge in [-0.2, -0.15) is 0 Å². The third-order valence-electron chi connectivity index (χ3n) is 2.09. The van der Waals surface area contributed by atoms with Crippen LogP contribution in [-0.2, 0) is 0 Å². The highest BCUT2D eigenvalue weighted by atomic mass is 15.1. The van der Waals surface area contributed by atoms with E-state index in [9.17, 15) is 0 Å². The molecule has 0 bridgehead atoms. The van der Waals surface area contributed by atoms with Gasteiger partial charge in [0.1, 0.15) is 0 Å². The van der Waals surface area contributed by atoms with E-state index >= 15 is 0 Å². The molecule has 3 nitrogen and oxygen atoms in total. The lowest BCUT2D eigenvalue weighted by Crippen LogP contribution is -2.07. The van der Waals surface area contributed by atoms with Gasteiger partial charge < -0.3 is 5.32 Å². The Labute approximate surface area is 83.6 Å². The van der Waals surface area contributed by atoms with Crippen LogP contribution >= 0.6 is 0 Å². The predicted octanol–water partition coefficient (Wildman–Crippen LogP) is 2.16. The van der Waals surface area contributed by atoms with Gasteiger partial charge >= 0.3 is 0 Å². The minimum atomic E-state index is 0.687. The van der Waals surface area contributed by atoms with Crippen molar-refractivity contribution in [2.45, 2.75) is 12.8 Å². The molecule has 2 rings (SSSR count). The molecule has 0 saturated heterocycles. The third-order valence-corrected chi connectivity index (χ3v) is 2.09. The fourth-order valence-corrected chi connectivity index (χ4v) is 1.37. The molecule has 0 aliphatic heterocycles. The second kappa shape index (κ2) is 4.56. The molecular formula is C11H13N3. The molecule has 0 atom stereocenters. The number of hydrogen-bond donors (Lipinski definition) is 1. The van der Waals surface area contributed by atoms with Gasteiger partial charge in [0.25, 0.3) is 0 Å². The summed E-state index contributed by atoms with van der Waals surface area (Å²) < 4.78 is 0. The Morgan fingerprint density at radius 2 is 2.07 bits per heavy atom. The van der Waals surface area contributed by atoms with Crippen molar-refractivity contribution in [2.75, 3.05) is 11.9 Å². The van der Waals surface area contributed by atoms with E-state index < -0.39 is 0 Å². The lowest BCUT2D eigenvalue weighted by molar-refractivity contribution is 0.998. The van der Waals surface area contributed by atoms with Gasteiger partial charge in [0.15, 0.2) is 0 Å². The van der Waals surface area contributed by atoms with Gasteiger partial charge in [-0.15, -0.1) is 0 Å². The fraction of sp³-hybridized carbons (Fsp3) is 0.273. The molecule has 1 aromatic heterocycles. The standard InChI is InChI=1S/C11H13N3/c1-2-5-10(6-3-1)9-14-11-12-7-4-8-13-11/h2,4-8H,1,3,9H2,(H,12,13,14). The number of anilines is 1. The summed E-state index contributed by atoms with van der Waals surface area (Å²) in [6.07, 6.45) is 12.4. The van der Waals surface area contributed by atoms with E-state index in [-0.39, 0.29) is 0 Å². The molecule has 1 aliphatic carbocycles. The van der Waals surface area contributed by atoms with Crippen LogP contribution in [-0.4, -0.2) is 16.5 Å². The van der Waals surface area contributed by atoms with E-state index in [1.807, 2.05) is 6.07 Å². The molecule has 3 heteroatoms. The average Bonchev–Trinajstić information content (AvgIpc) is 2.29. The van der Waals surface area contributed by atoms with E-state index in [0.29, 0.717) is 5.95 Å². The van der Waals surface area contributed by atoms with E-state index in [2.05, 4.69) is 33.5 Å². The zero-order chi connectivity index (χ0) is 9.64. The maximum Gasteiger partial charge on any atom is 0.222 e. The van der Waals surface area contributed by atoms with Crippen LogP contribution in [0.3, 0.4) is 0 Å². The summed E-state index contributed by atoms with van der Waals surface area (Å²) in [4.78, 5) is 8.18. The minimum absolute atomic E-state index is 0.687. The maximum atomic E-state index is 4.09. The Morgan fingerprint density at radius 3 is 2.79 bits per heavy atom. The van der Waals surface area contributed by atoms with Gasteiger partial charge in [-0.25, -0.2) is 9.97 Å². The van der Waals surface area contributed by atoms with E-state index in [1.165, 1.54) is 5.57 Å². The first-order valence-electron chi connectivity index (χ1n) is 4.81. The maximum absolute atomic E-state index is 4.09. The van der Waals surface area contributed by atoms with Crippen LogP contribution in [0.4, 0.5) is 5.95 Å². The van der Waals surface area contributed by atoms with Crippen LogP contribution < -0.4 is 5.32 Å². The van der Waals surface area contributed by atoms with E-state index in [1.54, 1.807) is 12.4 Å². The van der Waals surface area contributed by atoms with Crippen molar-refractivity contribution in [3.8, 4) is 0 Å². The first-order valence-corrected chi connectivity index (χ1v) is 4.81. The Balaban J connectivity index is 1.88. The Morgan fingerprint density at radius 1 is 1.21 bits per heavy atom. The molecule has 1 aliphatic rings. The quantitative estimate of drug-likeness (QED) is 0.788. The summed E-state index contributed by atoms with van der Waals surface area (Å²) >= 11 is 0. The van der Waals surface area contributed by atoms with Gasteiger partial charge in [-0.3, -0.25) is 0 Å². The Hall–Kier alpha value is -1.64. The molecule has 0 aromatic carbocycles. The minimum Gasteiger partial charge on any atom is -0.350 e. The normalized spacial score (nSPS) is 15.0. The SMILES string of the molecule is C1=CC(CNc2ncccn2)=CCC1. The topological polar surface area (TPSA) is 37.8 Å². The highest BCUT2D eigenvalue weighted by Gasteiger charge is 1.98. The van der Waals surface area contributed by atoms with Crippen molar-refractivity contribution in [2.24, 2.45) is 0 Å². The highest BCUT2D eigenvalue weighted by molar-refractivity contribution is 5.32. The van der Waals surface area contributed by atoms with Gasteiger partial charge in [0, 0.05) is 18.9 Å². The van der Waals surface area contributed by atoms with Crippen LogP contribution in [0.15, 0.2) is 42.3 Å². The van der Waals surface area contributed by atoms with Crippen molar-refractivity contribution in [1.82, 2.24) is 9.97 Å². The molecule has 0 saturated carbocycles. The zero-order valence-electron chi connectivity index (χ0n) is 7.98. The number of nitrogens with zero attached hydrogens (tertiary/aromatic N) is 2. The molecule has 1 aromatic rings. The monoisotopic (exact) mass is 187 g/mol. The fourth-order valence-electron chi connectivity index (χ4n) is 1.37. The first kappa shape index (κ1) is 8.94. The van der Waals surface area contributed by atoms with Gasteiger partial charge in [-0.05, 0) is 24.5 Å². The lowest BCUT2D eigenvalue weighted by Gasteiger charge is -2.07. The van der Waals surface area contributed by atoms with Crippen LogP contribution in [0, 0.1) is 0 Å². The van der Waals surface area contributed by atoms with Crippen molar-refractivity contribution in [3.05, 3.63) is 42.3 Å². The van der Waals surface area contributed by atoms with Crippen LogP contribution in [0.25, 0.3) is 0 Å². The second-order valence-electron chi connectivity index (χ2n) is 3.18. The Bertz CT molecular complexity index is 341. The molecule has 0 unspecified atom stereocenters. The average molecular weight is 187 g/mol. The second-order valence-corrected chi connectivity index (χ2v) is 3.18.